The average Bonchev–Trinajstić information content (AvgIpc) is 2.69. The van der Waals surface area contributed by atoms with E-state index < -0.39 is 6.10 Å². The Morgan fingerprint density at radius 1 is 0.957 bits per heavy atom. The lowest BCUT2D eigenvalue weighted by molar-refractivity contribution is 0.151. The first-order valence-electron chi connectivity index (χ1n) is 8.24. The van der Waals surface area contributed by atoms with Crippen LogP contribution in [0.4, 0.5) is 0 Å². The van der Waals surface area contributed by atoms with Gasteiger partial charge in [-0.05, 0) is 35.1 Å². The maximum atomic E-state index is 10.9. The Morgan fingerprint density at radius 2 is 1.43 bits per heavy atom. The minimum Gasteiger partial charge on any atom is -0.391 e. The van der Waals surface area contributed by atoms with Crippen LogP contribution in [0.15, 0.2) is 48.5 Å². The van der Waals surface area contributed by atoms with Gasteiger partial charge in [-0.1, -0.05) is 62.4 Å². The van der Waals surface area contributed by atoms with Crippen LogP contribution in [0.3, 0.4) is 0 Å². The molecule has 0 fully saturated rings. The molecule has 0 heterocycles. The fourth-order valence-corrected chi connectivity index (χ4v) is 3.46. The molecular weight excluding hydrogens is 306 g/mol. The molecule has 1 aliphatic carbocycles. The molecule has 0 radical (unpaired) electrons. The summed E-state index contributed by atoms with van der Waals surface area (Å²) < 4.78 is 0. The van der Waals surface area contributed by atoms with Gasteiger partial charge in [-0.3, -0.25) is 0 Å². The molecule has 3 rings (SSSR count). The molecule has 23 heavy (non-hydrogen) atoms. The summed E-state index contributed by atoms with van der Waals surface area (Å²) >= 11 is 0. The van der Waals surface area contributed by atoms with E-state index in [1.807, 2.05) is 0 Å². The van der Waals surface area contributed by atoms with Gasteiger partial charge in [0.1, 0.15) is 0 Å². The molecule has 0 amide bonds. The number of hydrogen-bond donors (Lipinski definition) is 2. The van der Waals surface area contributed by atoms with Gasteiger partial charge in [0.15, 0.2) is 0 Å². The highest BCUT2D eigenvalue weighted by Crippen LogP contribution is 2.36. The fourth-order valence-electron chi connectivity index (χ4n) is 3.46. The lowest BCUT2D eigenvalue weighted by Gasteiger charge is -2.26. The Labute approximate surface area is 145 Å². The number of hydrogen-bond acceptors (Lipinski definition) is 2. The van der Waals surface area contributed by atoms with Crippen LogP contribution < -0.4 is 5.32 Å². The van der Waals surface area contributed by atoms with Crippen LogP contribution >= 0.6 is 12.4 Å². The summed E-state index contributed by atoms with van der Waals surface area (Å²) in [6, 6.07) is 17.5. The van der Waals surface area contributed by atoms with Crippen LogP contribution in [0.25, 0.3) is 0 Å². The Bertz CT molecular complexity index is 594. The zero-order valence-corrected chi connectivity index (χ0v) is 14.6. The van der Waals surface area contributed by atoms with Crippen LogP contribution in [0.1, 0.15) is 42.0 Å². The van der Waals surface area contributed by atoms with Gasteiger partial charge in [-0.2, -0.15) is 0 Å². The molecular formula is C20H26ClNO. The second-order valence-corrected chi connectivity index (χ2v) is 6.51. The van der Waals surface area contributed by atoms with Crippen molar-refractivity contribution in [2.24, 2.45) is 0 Å². The number of aryl methyl sites for hydroxylation is 2. The molecule has 1 unspecified atom stereocenters. The van der Waals surface area contributed by atoms with E-state index in [2.05, 4.69) is 67.7 Å². The number of nitrogens with one attached hydrogen (secondary N) is 1. The molecule has 3 heteroatoms. The maximum absolute atomic E-state index is 10.9. The second-order valence-electron chi connectivity index (χ2n) is 6.51. The lowest BCUT2D eigenvalue weighted by atomic mass is 9.84. The molecule has 124 valence electrons. The quantitative estimate of drug-likeness (QED) is 0.895. The monoisotopic (exact) mass is 331 g/mol. The van der Waals surface area contributed by atoms with Crippen LogP contribution in [-0.4, -0.2) is 23.8 Å². The van der Waals surface area contributed by atoms with Gasteiger partial charge in [-0.15, -0.1) is 12.4 Å². The largest absolute Gasteiger partial charge is 0.391 e. The number of fused-ring (bicyclic) bond motifs is 2. The van der Waals surface area contributed by atoms with E-state index in [9.17, 15) is 5.11 Å². The van der Waals surface area contributed by atoms with Crippen molar-refractivity contribution in [3.05, 3.63) is 70.8 Å². The molecule has 2 aromatic rings. The summed E-state index contributed by atoms with van der Waals surface area (Å²) in [5.41, 5.74) is 5.30. The van der Waals surface area contributed by atoms with Crippen molar-refractivity contribution < 1.29 is 5.11 Å². The summed E-state index contributed by atoms with van der Waals surface area (Å²) in [6.45, 7) is 4.84. The third-order valence-corrected chi connectivity index (χ3v) is 4.56. The average molecular weight is 332 g/mol. The fraction of sp³-hybridized carbons (Fsp3) is 0.400. The van der Waals surface area contributed by atoms with Gasteiger partial charge >= 0.3 is 0 Å². The van der Waals surface area contributed by atoms with E-state index in [0.717, 1.165) is 12.8 Å². The van der Waals surface area contributed by atoms with E-state index in [-0.39, 0.29) is 18.3 Å². The molecule has 0 saturated carbocycles. The summed E-state index contributed by atoms with van der Waals surface area (Å²) in [5, 5.41) is 14.3. The zero-order valence-electron chi connectivity index (χ0n) is 13.8. The Morgan fingerprint density at radius 3 is 1.91 bits per heavy atom. The molecule has 2 aromatic carbocycles. The maximum Gasteiger partial charge on any atom is 0.0773 e. The van der Waals surface area contributed by atoms with Crippen molar-refractivity contribution in [2.75, 3.05) is 6.54 Å². The Balaban J connectivity index is 0.00000192. The predicted molar refractivity (Wildman–Crippen MR) is 98.5 cm³/mol. The third-order valence-electron chi connectivity index (χ3n) is 4.56. The second kappa shape index (κ2) is 7.96. The van der Waals surface area contributed by atoms with Gasteiger partial charge in [0, 0.05) is 18.5 Å². The van der Waals surface area contributed by atoms with E-state index >= 15 is 0 Å². The SMILES string of the molecule is CC(C)NCC(O)C1c2ccccc2CCc2ccccc21.Cl. The summed E-state index contributed by atoms with van der Waals surface area (Å²) in [7, 11) is 0. The molecule has 0 bridgehead atoms. The summed E-state index contributed by atoms with van der Waals surface area (Å²) in [6.07, 6.45) is 1.69. The van der Waals surface area contributed by atoms with Crippen molar-refractivity contribution >= 4 is 12.4 Å². The van der Waals surface area contributed by atoms with Crippen LogP contribution in [0, 0.1) is 0 Å². The van der Waals surface area contributed by atoms with Gasteiger partial charge in [0.25, 0.3) is 0 Å². The van der Waals surface area contributed by atoms with Crippen molar-refractivity contribution in [2.45, 2.75) is 44.8 Å². The summed E-state index contributed by atoms with van der Waals surface area (Å²) in [4.78, 5) is 0. The molecule has 0 spiro atoms. The standard InChI is InChI=1S/C20H25NO.ClH/c1-14(2)21-13-19(22)20-17-9-5-3-7-15(17)11-12-16-8-4-6-10-18(16)20;/h3-10,14,19-22H,11-13H2,1-2H3;1H. The first kappa shape index (κ1) is 18.0. The molecule has 2 N–H and O–H groups in total. The summed E-state index contributed by atoms with van der Waals surface area (Å²) in [5.74, 6) is 0.0566. The highest BCUT2D eigenvalue weighted by Gasteiger charge is 2.29. The highest BCUT2D eigenvalue weighted by molar-refractivity contribution is 5.85. The first-order chi connectivity index (χ1) is 10.7. The number of aliphatic hydroxyl groups is 1. The minimum atomic E-state index is -0.414. The van der Waals surface area contributed by atoms with Gasteiger partial charge in [-0.25, -0.2) is 0 Å². The van der Waals surface area contributed by atoms with Crippen LogP contribution in [0.2, 0.25) is 0 Å². The minimum absolute atomic E-state index is 0. The Hall–Kier alpha value is -1.35. The molecule has 1 atom stereocenters. The lowest BCUT2D eigenvalue weighted by Crippen LogP contribution is -2.36. The van der Waals surface area contributed by atoms with Gasteiger partial charge in [0.2, 0.25) is 0 Å². The van der Waals surface area contributed by atoms with Gasteiger partial charge < -0.3 is 10.4 Å². The number of benzene rings is 2. The van der Waals surface area contributed by atoms with E-state index in [1.54, 1.807) is 0 Å². The smallest absolute Gasteiger partial charge is 0.0773 e. The van der Waals surface area contributed by atoms with Crippen LogP contribution in [-0.2, 0) is 12.8 Å². The molecule has 2 nitrogen and oxygen atoms in total. The number of rotatable bonds is 4. The number of aliphatic hydroxyl groups excluding tert-OH is 1. The van der Waals surface area contributed by atoms with Crippen LogP contribution in [0.5, 0.6) is 0 Å². The van der Waals surface area contributed by atoms with Crippen molar-refractivity contribution in [1.29, 1.82) is 0 Å². The first-order valence-corrected chi connectivity index (χ1v) is 8.24. The van der Waals surface area contributed by atoms with E-state index in [4.69, 9.17) is 0 Å². The van der Waals surface area contributed by atoms with Crippen molar-refractivity contribution in [3.8, 4) is 0 Å². The third kappa shape index (κ3) is 3.95. The molecule has 0 aliphatic heterocycles. The topological polar surface area (TPSA) is 32.3 Å². The molecule has 0 aromatic heterocycles. The van der Waals surface area contributed by atoms with Gasteiger partial charge in [0.05, 0.1) is 6.10 Å². The van der Waals surface area contributed by atoms with E-state index in [0.29, 0.717) is 12.6 Å². The highest BCUT2D eigenvalue weighted by atomic mass is 35.5. The van der Waals surface area contributed by atoms with Crippen molar-refractivity contribution in [1.82, 2.24) is 5.32 Å². The van der Waals surface area contributed by atoms with E-state index in [1.165, 1.54) is 22.3 Å². The molecule has 1 aliphatic rings. The Kier molecular flexibility index (Phi) is 6.23. The molecule has 0 saturated heterocycles. The number of halogens is 1. The zero-order chi connectivity index (χ0) is 15.5. The van der Waals surface area contributed by atoms with Crippen molar-refractivity contribution in [3.63, 3.8) is 0 Å². The predicted octanol–water partition coefficient (Wildman–Crippen LogP) is 3.70. The normalized spacial score (nSPS) is 15.3.